The van der Waals surface area contributed by atoms with Gasteiger partial charge in [-0.25, -0.2) is 4.98 Å². The minimum absolute atomic E-state index is 0.378. The lowest BCUT2D eigenvalue weighted by atomic mass is 9.52. The Labute approximate surface area is 114 Å². The summed E-state index contributed by atoms with van der Waals surface area (Å²) in [5.41, 5.74) is 0.853. The average Bonchev–Trinajstić information content (AvgIpc) is 2.70. The molecule has 0 unspecified atom stereocenters. The molecule has 100 valence electrons. The standard InChI is InChI=1S/C16H20N2O/c1-9-14(2-3-17)18-16(19-9)15-12-5-10-4-11(7-12)8-13(15)6-10/h10-13,15H,2,4-8H2,1H3. The van der Waals surface area contributed by atoms with E-state index in [-0.39, 0.29) is 0 Å². The van der Waals surface area contributed by atoms with Gasteiger partial charge in [-0.3, -0.25) is 0 Å². The summed E-state index contributed by atoms with van der Waals surface area (Å²) >= 11 is 0. The van der Waals surface area contributed by atoms with Crippen LogP contribution in [0.3, 0.4) is 0 Å². The summed E-state index contributed by atoms with van der Waals surface area (Å²) in [6.45, 7) is 1.94. The Bertz CT molecular complexity index is 511. The molecule has 0 saturated heterocycles. The van der Waals surface area contributed by atoms with Gasteiger partial charge in [0, 0.05) is 5.92 Å². The molecule has 0 amide bonds. The van der Waals surface area contributed by atoms with E-state index in [0.717, 1.165) is 41.0 Å². The summed E-state index contributed by atoms with van der Waals surface area (Å²) in [4.78, 5) is 4.66. The predicted octanol–water partition coefficient (Wildman–Crippen LogP) is 3.59. The first-order chi connectivity index (χ1) is 9.24. The normalized spacial score (nSPS) is 39.5. The van der Waals surface area contributed by atoms with Crippen molar-refractivity contribution in [3.05, 3.63) is 17.3 Å². The molecule has 4 fully saturated rings. The van der Waals surface area contributed by atoms with Crippen LogP contribution in [0.1, 0.15) is 55.4 Å². The second kappa shape index (κ2) is 4.10. The summed E-state index contributed by atoms with van der Waals surface area (Å²) in [6.07, 6.45) is 7.38. The van der Waals surface area contributed by atoms with Crippen LogP contribution in [0.2, 0.25) is 0 Å². The van der Waals surface area contributed by atoms with Crippen LogP contribution in [0.25, 0.3) is 0 Å². The lowest BCUT2D eigenvalue weighted by Crippen LogP contribution is -2.43. The second-order valence-corrected chi connectivity index (χ2v) is 6.85. The van der Waals surface area contributed by atoms with E-state index in [9.17, 15) is 0 Å². The molecule has 1 aromatic heterocycles. The number of aryl methyl sites for hydroxylation is 1. The fourth-order valence-electron chi connectivity index (χ4n) is 5.16. The molecule has 1 aromatic rings. The van der Waals surface area contributed by atoms with Crippen molar-refractivity contribution in [2.24, 2.45) is 23.7 Å². The van der Waals surface area contributed by atoms with Crippen LogP contribution in [0.4, 0.5) is 0 Å². The summed E-state index contributed by atoms with van der Waals surface area (Å²) < 4.78 is 5.93. The highest BCUT2D eigenvalue weighted by molar-refractivity contribution is 5.17. The molecule has 3 heteroatoms. The Kier molecular flexibility index (Phi) is 2.48. The van der Waals surface area contributed by atoms with Gasteiger partial charge < -0.3 is 4.42 Å². The molecule has 0 aromatic carbocycles. The van der Waals surface area contributed by atoms with E-state index in [0.29, 0.717) is 12.3 Å². The van der Waals surface area contributed by atoms with E-state index in [4.69, 9.17) is 9.68 Å². The van der Waals surface area contributed by atoms with Gasteiger partial charge in [-0.05, 0) is 62.7 Å². The fourth-order valence-corrected chi connectivity index (χ4v) is 5.16. The summed E-state index contributed by atoms with van der Waals surface area (Å²) in [5, 5.41) is 8.83. The number of nitriles is 1. The largest absolute Gasteiger partial charge is 0.445 e. The fraction of sp³-hybridized carbons (Fsp3) is 0.750. The van der Waals surface area contributed by atoms with Gasteiger partial charge in [0.1, 0.15) is 5.76 Å². The zero-order valence-corrected chi connectivity index (χ0v) is 11.4. The number of hydrogen-bond donors (Lipinski definition) is 0. The van der Waals surface area contributed by atoms with Crippen molar-refractivity contribution in [2.75, 3.05) is 0 Å². The first kappa shape index (κ1) is 11.5. The van der Waals surface area contributed by atoms with Crippen molar-refractivity contribution >= 4 is 0 Å². The highest BCUT2D eigenvalue weighted by atomic mass is 16.4. The molecule has 19 heavy (non-hydrogen) atoms. The molecule has 5 rings (SSSR count). The van der Waals surface area contributed by atoms with E-state index in [2.05, 4.69) is 11.1 Å². The van der Waals surface area contributed by atoms with E-state index in [1.54, 1.807) is 0 Å². The van der Waals surface area contributed by atoms with Crippen LogP contribution in [0.15, 0.2) is 4.42 Å². The number of oxazole rings is 1. The predicted molar refractivity (Wildman–Crippen MR) is 70.3 cm³/mol. The second-order valence-electron chi connectivity index (χ2n) is 6.85. The number of hydrogen-bond acceptors (Lipinski definition) is 3. The molecule has 4 saturated carbocycles. The summed E-state index contributed by atoms with van der Waals surface area (Å²) in [6, 6.07) is 2.18. The maximum atomic E-state index is 8.83. The summed E-state index contributed by atoms with van der Waals surface area (Å²) in [5.74, 6) is 5.89. The molecule has 0 spiro atoms. The third kappa shape index (κ3) is 1.73. The van der Waals surface area contributed by atoms with Crippen LogP contribution < -0.4 is 0 Å². The molecule has 0 atom stereocenters. The highest BCUT2D eigenvalue weighted by Gasteiger charge is 2.50. The minimum Gasteiger partial charge on any atom is -0.445 e. The third-order valence-electron chi connectivity index (χ3n) is 5.67. The van der Waals surface area contributed by atoms with Crippen LogP contribution in [-0.2, 0) is 6.42 Å². The molecular formula is C16H20N2O. The quantitative estimate of drug-likeness (QED) is 0.812. The molecule has 4 aliphatic carbocycles. The molecule has 0 radical (unpaired) electrons. The molecule has 4 aliphatic rings. The average molecular weight is 256 g/mol. The molecule has 4 bridgehead atoms. The molecule has 3 nitrogen and oxygen atoms in total. The van der Waals surface area contributed by atoms with Crippen LogP contribution in [0.5, 0.6) is 0 Å². The van der Waals surface area contributed by atoms with Gasteiger partial charge >= 0.3 is 0 Å². The first-order valence-electron chi connectivity index (χ1n) is 7.57. The molecule has 0 aliphatic heterocycles. The lowest BCUT2D eigenvalue weighted by molar-refractivity contribution is -0.0116. The molecule has 0 N–H and O–H groups in total. The van der Waals surface area contributed by atoms with Gasteiger partial charge in [0.15, 0.2) is 5.89 Å². The van der Waals surface area contributed by atoms with Gasteiger partial charge in [-0.2, -0.15) is 5.26 Å². The highest BCUT2D eigenvalue weighted by Crippen LogP contribution is 2.59. The van der Waals surface area contributed by atoms with E-state index < -0.39 is 0 Å². The maximum Gasteiger partial charge on any atom is 0.198 e. The number of rotatable bonds is 2. The zero-order chi connectivity index (χ0) is 13.0. The van der Waals surface area contributed by atoms with Crippen molar-refractivity contribution < 1.29 is 4.42 Å². The van der Waals surface area contributed by atoms with Crippen molar-refractivity contribution in [2.45, 2.75) is 51.4 Å². The van der Waals surface area contributed by atoms with E-state index in [1.807, 2.05) is 6.92 Å². The molecular weight excluding hydrogens is 236 g/mol. The topological polar surface area (TPSA) is 49.8 Å². The van der Waals surface area contributed by atoms with E-state index in [1.165, 1.54) is 32.1 Å². The van der Waals surface area contributed by atoms with Gasteiger partial charge in [0.05, 0.1) is 18.2 Å². The SMILES string of the molecule is Cc1oc(C2C3CC4CC(C3)CC2C4)nc1CC#N. The van der Waals surface area contributed by atoms with Crippen LogP contribution in [-0.4, -0.2) is 4.98 Å². The Hall–Kier alpha value is -1.30. The van der Waals surface area contributed by atoms with Crippen molar-refractivity contribution in [3.8, 4) is 6.07 Å². The smallest absolute Gasteiger partial charge is 0.198 e. The van der Waals surface area contributed by atoms with Gasteiger partial charge in [0.25, 0.3) is 0 Å². The molecule has 1 heterocycles. The number of aromatic nitrogens is 1. The maximum absolute atomic E-state index is 8.83. The van der Waals surface area contributed by atoms with Crippen LogP contribution in [0, 0.1) is 41.9 Å². The first-order valence-corrected chi connectivity index (χ1v) is 7.57. The Morgan fingerprint density at radius 2 is 1.79 bits per heavy atom. The number of nitrogens with zero attached hydrogens (tertiary/aromatic N) is 2. The third-order valence-corrected chi connectivity index (χ3v) is 5.67. The lowest BCUT2D eigenvalue weighted by Gasteiger charge is -2.53. The van der Waals surface area contributed by atoms with Crippen molar-refractivity contribution in [1.82, 2.24) is 4.98 Å². The Balaban J connectivity index is 1.65. The Morgan fingerprint density at radius 1 is 1.16 bits per heavy atom. The zero-order valence-electron chi connectivity index (χ0n) is 11.4. The van der Waals surface area contributed by atoms with Gasteiger partial charge in [-0.1, -0.05) is 0 Å². The summed E-state index contributed by atoms with van der Waals surface area (Å²) in [7, 11) is 0. The van der Waals surface area contributed by atoms with Gasteiger partial charge in [-0.15, -0.1) is 0 Å². The minimum atomic E-state index is 0.378. The van der Waals surface area contributed by atoms with Gasteiger partial charge in [0.2, 0.25) is 0 Å². The van der Waals surface area contributed by atoms with Crippen molar-refractivity contribution in [3.63, 3.8) is 0 Å². The Morgan fingerprint density at radius 3 is 2.37 bits per heavy atom. The van der Waals surface area contributed by atoms with Crippen molar-refractivity contribution in [1.29, 1.82) is 5.26 Å². The van der Waals surface area contributed by atoms with Crippen LogP contribution >= 0.6 is 0 Å². The van der Waals surface area contributed by atoms with E-state index >= 15 is 0 Å². The monoisotopic (exact) mass is 256 g/mol.